The van der Waals surface area contributed by atoms with E-state index < -0.39 is 6.10 Å². The first-order valence-electron chi connectivity index (χ1n) is 7.77. The zero-order chi connectivity index (χ0) is 16.5. The Morgan fingerprint density at radius 1 is 0.750 bits per heavy atom. The van der Waals surface area contributed by atoms with Gasteiger partial charge in [0.2, 0.25) is 6.10 Å². The smallest absolute Gasteiger partial charge is 0.213 e. The van der Waals surface area contributed by atoms with Crippen LogP contribution < -0.4 is 0 Å². The third-order valence-electron chi connectivity index (χ3n) is 3.39. The molecule has 1 unspecified atom stereocenters. The molecule has 3 aromatic rings. The lowest BCUT2D eigenvalue weighted by Crippen LogP contribution is -1.98. The lowest BCUT2D eigenvalue weighted by Gasteiger charge is -2.08. The first-order chi connectivity index (χ1) is 11.9. The molecule has 0 radical (unpaired) electrons. The average molecular weight is 311 g/mol. The highest BCUT2D eigenvalue weighted by Gasteiger charge is 2.08. The van der Waals surface area contributed by atoms with Gasteiger partial charge in [-0.3, -0.25) is 0 Å². The summed E-state index contributed by atoms with van der Waals surface area (Å²) in [5, 5.41) is 4.10. The Morgan fingerprint density at radius 2 is 1.33 bits per heavy atom. The van der Waals surface area contributed by atoms with E-state index in [1.807, 2.05) is 91.0 Å². The second-order valence-electron chi connectivity index (χ2n) is 5.18. The van der Waals surface area contributed by atoms with E-state index in [9.17, 15) is 0 Å². The molecule has 3 aromatic carbocycles. The van der Waals surface area contributed by atoms with Gasteiger partial charge in [0, 0.05) is 11.1 Å². The Balaban J connectivity index is 1.78. The molecule has 0 amide bonds. The lowest BCUT2D eigenvalue weighted by atomic mass is 10.1. The van der Waals surface area contributed by atoms with E-state index in [2.05, 4.69) is 17.0 Å². The maximum atomic E-state index is 5.65. The van der Waals surface area contributed by atoms with Gasteiger partial charge in [0.1, 0.15) is 0 Å². The molecule has 0 saturated heterocycles. The van der Waals surface area contributed by atoms with E-state index in [4.69, 9.17) is 4.84 Å². The van der Waals surface area contributed by atoms with Gasteiger partial charge in [0.05, 0.1) is 6.21 Å². The van der Waals surface area contributed by atoms with Crippen molar-refractivity contribution in [1.29, 1.82) is 0 Å². The molecule has 0 aliphatic rings. The summed E-state index contributed by atoms with van der Waals surface area (Å²) in [6.07, 6.45) is 1.28. The summed E-state index contributed by atoms with van der Waals surface area (Å²) in [4.78, 5) is 5.65. The predicted molar refractivity (Wildman–Crippen MR) is 97.6 cm³/mol. The van der Waals surface area contributed by atoms with Gasteiger partial charge in [-0.1, -0.05) is 89.9 Å². The summed E-state index contributed by atoms with van der Waals surface area (Å²) in [5.74, 6) is 6.30. The van der Waals surface area contributed by atoms with Crippen LogP contribution in [-0.2, 0) is 4.84 Å². The van der Waals surface area contributed by atoms with Crippen molar-refractivity contribution in [3.8, 4) is 11.8 Å². The quantitative estimate of drug-likeness (QED) is 0.384. The summed E-state index contributed by atoms with van der Waals surface area (Å²) in [6, 6.07) is 29.6. The minimum absolute atomic E-state index is 0.411. The van der Waals surface area contributed by atoms with Gasteiger partial charge in [-0.2, -0.15) is 0 Å². The monoisotopic (exact) mass is 311 g/mol. The Kier molecular flexibility index (Phi) is 5.42. The fourth-order valence-electron chi connectivity index (χ4n) is 2.16. The molecule has 1 atom stereocenters. The van der Waals surface area contributed by atoms with Crippen LogP contribution in [0.25, 0.3) is 0 Å². The average Bonchev–Trinajstić information content (AvgIpc) is 2.67. The molecule has 0 bridgehead atoms. The van der Waals surface area contributed by atoms with Gasteiger partial charge in [-0.15, -0.1) is 0 Å². The summed E-state index contributed by atoms with van der Waals surface area (Å²) in [7, 11) is 0. The summed E-state index contributed by atoms with van der Waals surface area (Å²) >= 11 is 0. The van der Waals surface area contributed by atoms with Crippen LogP contribution in [0.1, 0.15) is 22.8 Å². The minimum atomic E-state index is -0.411. The van der Waals surface area contributed by atoms with Crippen molar-refractivity contribution in [1.82, 2.24) is 0 Å². The van der Waals surface area contributed by atoms with Gasteiger partial charge in [-0.05, 0) is 23.6 Å². The Hall–Kier alpha value is -3.31. The molecule has 24 heavy (non-hydrogen) atoms. The van der Waals surface area contributed by atoms with E-state index in [0.717, 1.165) is 16.7 Å². The first-order valence-corrected chi connectivity index (χ1v) is 7.77. The second-order valence-corrected chi connectivity index (χ2v) is 5.18. The highest BCUT2D eigenvalue weighted by Crippen LogP contribution is 2.16. The topological polar surface area (TPSA) is 21.6 Å². The second kappa shape index (κ2) is 8.36. The molecule has 0 heterocycles. The number of hydrogen-bond donors (Lipinski definition) is 0. The van der Waals surface area contributed by atoms with Crippen molar-refractivity contribution in [3.05, 3.63) is 108 Å². The van der Waals surface area contributed by atoms with Crippen molar-refractivity contribution in [2.24, 2.45) is 5.16 Å². The van der Waals surface area contributed by atoms with Gasteiger partial charge in [-0.25, -0.2) is 0 Å². The van der Waals surface area contributed by atoms with Crippen LogP contribution in [0.3, 0.4) is 0 Å². The number of rotatable bonds is 4. The molecule has 0 N–H and O–H groups in total. The molecular formula is C22H17NO. The number of nitrogens with zero attached hydrogens (tertiary/aromatic N) is 1. The van der Waals surface area contributed by atoms with Crippen LogP contribution in [0.4, 0.5) is 0 Å². The third-order valence-corrected chi connectivity index (χ3v) is 3.39. The van der Waals surface area contributed by atoms with Crippen LogP contribution in [0.2, 0.25) is 0 Å². The molecule has 116 valence electrons. The van der Waals surface area contributed by atoms with Crippen LogP contribution >= 0.6 is 0 Å². The van der Waals surface area contributed by atoms with Crippen molar-refractivity contribution in [2.75, 3.05) is 0 Å². The molecule has 0 aliphatic carbocycles. The van der Waals surface area contributed by atoms with Crippen molar-refractivity contribution in [2.45, 2.75) is 6.10 Å². The minimum Gasteiger partial charge on any atom is -0.374 e. The molecule has 2 nitrogen and oxygen atoms in total. The standard InChI is InChI=1S/C22H17NO/c1-4-10-19(11-5-1)16-17-22(21-14-8-3-9-15-21)24-23-18-20-12-6-2-7-13-20/h1-15,18,22H/b23-18+. The number of benzene rings is 3. The maximum absolute atomic E-state index is 5.65. The highest BCUT2D eigenvalue weighted by atomic mass is 16.6. The zero-order valence-electron chi connectivity index (χ0n) is 13.2. The molecule has 2 heteroatoms. The van der Waals surface area contributed by atoms with Crippen molar-refractivity contribution in [3.63, 3.8) is 0 Å². The third kappa shape index (κ3) is 4.59. The first kappa shape index (κ1) is 15.6. The van der Waals surface area contributed by atoms with Crippen molar-refractivity contribution >= 4 is 6.21 Å². The normalized spacial score (nSPS) is 11.5. The molecule has 0 aliphatic heterocycles. The van der Waals surface area contributed by atoms with Gasteiger partial charge in [0.25, 0.3) is 0 Å². The number of oxime groups is 1. The van der Waals surface area contributed by atoms with Gasteiger partial charge in [0.15, 0.2) is 0 Å². The predicted octanol–water partition coefficient (Wildman–Crippen LogP) is 4.83. The van der Waals surface area contributed by atoms with Crippen LogP contribution in [0.5, 0.6) is 0 Å². The summed E-state index contributed by atoms with van der Waals surface area (Å²) in [6.45, 7) is 0. The summed E-state index contributed by atoms with van der Waals surface area (Å²) < 4.78 is 0. The number of hydrogen-bond acceptors (Lipinski definition) is 2. The van der Waals surface area contributed by atoms with E-state index >= 15 is 0 Å². The maximum Gasteiger partial charge on any atom is 0.213 e. The Bertz CT molecular complexity index is 831. The van der Waals surface area contributed by atoms with E-state index in [0.29, 0.717) is 0 Å². The SMILES string of the molecule is C(#CC(O/N=C/c1ccccc1)c1ccccc1)c1ccccc1. The van der Waals surface area contributed by atoms with Gasteiger partial charge >= 0.3 is 0 Å². The molecule has 0 aromatic heterocycles. The molecular weight excluding hydrogens is 294 g/mol. The van der Waals surface area contributed by atoms with Crippen molar-refractivity contribution < 1.29 is 4.84 Å². The van der Waals surface area contributed by atoms with Crippen LogP contribution in [0.15, 0.2) is 96.2 Å². The van der Waals surface area contributed by atoms with E-state index in [1.165, 1.54) is 0 Å². The molecule has 0 spiro atoms. The highest BCUT2D eigenvalue weighted by molar-refractivity contribution is 5.78. The largest absolute Gasteiger partial charge is 0.374 e. The van der Waals surface area contributed by atoms with Crippen LogP contribution in [-0.4, -0.2) is 6.21 Å². The van der Waals surface area contributed by atoms with Crippen LogP contribution in [0, 0.1) is 11.8 Å². The van der Waals surface area contributed by atoms with Gasteiger partial charge < -0.3 is 4.84 Å². The molecule has 0 saturated carbocycles. The molecule has 3 rings (SSSR count). The van der Waals surface area contributed by atoms with E-state index in [1.54, 1.807) is 6.21 Å². The van der Waals surface area contributed by atoms with E-state index in [-0.39, 0.29) is 0 Å². The fourth-order valence-corrected chi connectivity index (χ4v) is 2.16. The zero-order valence-corrected chi connectivity index (χ0v) is 13.2. The Labute approximate surface area is 142 Å². The fraction of sp³-hybridized carbons (Fsp3) is 0.0455. The molecule has 0 fully saturated rings. The Morgan fingerprint density at radius 3 is 2.00 bits per heavy atom. The summed E-state index contributed by atoms with van der Waals surface area (Å²) in [5.41, 5.74) is 2.92. The lowest BCUT2D eigenvalue weighted by molar-refractivity contribution is 0.101.